The van der Waals surface area contributed by atoms with Crippen LogP contribution < -0.4 is 49.5 Å². The molecule has 0 heterocycles. The molecule has 0 aromatic heterocycles. The van der Waals surface area contributed by atoms with Crippen molar-refractivity contribution in [2.24, 2.45) is 28.9 Å². The van der Waals surface area contributed by atoms with Crippen LogP contribution in [0.2, 0.25) is 0 Å². The zero-order valence-electron chi connectivity index (χ0n) is 23.6. The fraction of sp³-hybridized carbons (Fsp3) is 0.667. The van der Waals surface area contributed by atoms with Gasteiger partial charge in [-0.3, -0.25) is 39.0 Å². The molecule has 0 aliphatic carbocycles. The summed E-state index contributed by atoms with van der Waals surface area (Å²) in [6.07, 6.45) is 1.27. The van der Waals surface area contributed by atoms with Crippen molar-refractivity contribution in [1.82, 2.24) is 26.6 Å². The predicted molar refractivity (Wildman–Crippen MR) is 148 cm³/mol. The Morgan fingerprint density at radius 3 is 1.76 bits per heavy atom. The second kappa shape index (κ2) is 18.9. The van der Waals surface area contributed by atoms with E-state index in [2.05, 4.69) is 26.6 Å². The zero-order chi connectivity index (χ0) is 31.7. The van der Waals surface area contributed by atoms with Crippen molar-refractivity contribution >= 4 is 47.7 Å². The Balaban J connectivity index is 5.51. The van der Waals surface area contributed by atoms with E-state index in [1.54, 1.807) is 20.1 Å². The van der Waals surface area contributed by atoms with Crippen LogP contribution in [-0.2, 0) is 33.6 Å². The van der Waals surface area contributed by atoms with Crippen molar-refractivity contribution in [1.29, 1.82) is 5.41 Å². The smallest absolute Gasteiger partial charge is 0.243 e. The molecule has 14 N–H and O–H groups in total. The second-order valence-electron chi connectivity index (χ2n) is 9.79. The normalized spacial score (nSPS) is 14.4. The summed E-state index contributed by atoms with van der Waals surface area (Å²) in [6, 6.07) is -5.70. The summed E-state index contributed by atoms with van der Waals surface area (Å²) in [5.41, 5.74) is 21.3. The van der Waals surface area contributed by atoms with Crippen LogP contribution in [-0.4, -0.2) is 84.4 Å². The third-order valence-electron chi connectivity index (χ3n) is 5.84. The first kappa shape index (κ1) is 36.7. The molecule has 0 aromatic rings. The Kier molecular flexibility index (Phi) is 16.9. The lowest BCUT2D eigenvalue weighted by atomic mass is 10.0. The molecule has 0 rings (SSSR count). The number of hydrogen-bond acceptors (Lipinski definition) is 9. The molecule has 17 heteroatoms. The van der Waals surface area contributed by atoms with Crippen LogP contribution in [0.4, 0.5) is 0 Å². The number of hydrogen-bond donors (Lipinski definition) is 10. The fourth-order valence-corrected chi connectivity index (χ4v) is 3.32. The molecule has 0 aromatic carbocycles. The van der Waals surface area contributed by atoms with Gasteiger partial charge in [-0.15, -0.1) is 0 Å². The molecule has 0 aliphatic heterocycles. The minimum absolute atomic E-state index is 0.0459. The Labute approximate surface area is 238 Å². The number of primary amides is 2. The van der Waals surface area contributed by atoms with Crippen LogP contribution in [0.3, 0.4) is 0 Å². The van der Waals surface area contributed by atoms with Gasteiger partial charge in [0.1, 0.15) is 18.1 Å². The van der Waals surface area contributed by atoms with Gasteiger partial charge in [0, 0.05) is 19.4 Å². The van der Waals surface area contributed by atoms with Gasteiger partial charge in [-0.2, -0.15) is 0 Å². The largest absolute Gasteiger partial charge is 0.370 e. The fourth-order valence-electron chi connectivity index (χ4n) is 3.32. The van der Waals surface area contributed by atoms with E-state index in [9.17, 15) is 33.6 Å². The summed E-state index contributed by atoms with van der Waals surface area (Å²) in [4.78, 5) is 84.6. The average molecular weight is 584 g/mol. The van der Waals surface area contributed by atoms with Gasteiger partial charge in [0.2, 0.25) is 41.7 Å². The van der Waals surface area contributed by atoms with E-state index in [4.69, 9.17) is 28.3 Å². The van der Waals surface area contributed by atoms with E-state index in [1.807, 2.05) is 0 Å². The molecular weight excluding hydrogens is 540 g/mol. The maximum atomic E-state index is 12.9. The van der Waals surface area contributed by atoms with Gasteiger partial charge in [0.05, 0.1) is 12.1 Å². The van der Waals surface area contributed by atoms with Crippen molar-refractivity contribution in [3.05, 3.63) is 0 Å². The molecule has 1 radical (unpaired) electrons. The summed E-state index contributed by atoms with van der Waals surface area (Å²) in [5.74, 6) is -4.86. The van der Waals surface area contributed by atoms with Crippen LogP contribution in [0.25, 0.3) is 0 Å². The minimum atomic E-state index is -1.22. The van der Waals surface area contributed by atoms with E-state index >= 15 is 0 Å². The lowest BCUT2D eigenvalue weighted by molar-refractivity contribution is -0.134. The lowest BCUT2D eigenvalue weighted by Gasteiger charge is -2.25. The topological polar surface area (TPSA) is 308 Å². The number of carbonyl (C=O) groups excluding carboxylic acids is 7. The molecular formula is C24H43N10O7. The van der Waals surface area contributed by atoms with Crippen LogP contribution in [0.1, 0.15) is 59.3 Å². The van der Waals surface area contributed by atoms with Crippen molar-refractivity contribution in [3.8, 4) is 0 Å². The molecule has 5 atom stereocenters. The number of rotatable bonds is 20. The van der Waals surface area contributed by atoms with E-state index in [1.165, 1.54) is 6.92 Å². The van der Waals surface area contributed by atoms with Crippen molar-refractivity contribution in [2.75, 3.05) is 6.54 Å². The van der Waals surface area contributed by atoms with Crippen LogP contribution in [0.5, 0.6) is 0 Å². The maximum Gasteiger partial charge on any atom is 0.243 e. The molecule has 0 aliphatic rings. The minimum Gasteiger partial charge on any atom is -0.370 e. The van der Waals surface area contributed by atoms with E-state index in [0.717, 1.165) is 0 Å². The Bertz CT molecular complexity index is 959. The summed E-state index contributed by atoms with van der Waals surface area (Å²) in [6.45, 7) is 4.96. The monoisotopic (exact) mass is 583 g/mol. The number of nitrogens with two attached hydrogens (primary N) is 4. The van der Waals surface area contributed by atoms with Crippen LogP contribution in [0, 0.1) is 11.3 Å². The first-order valence-electron chi connectivity index (χ1n) is 13.1. The van der Waals surface area contributed by atoms with Crippen molar-refractivity contribution in [3.63, 3.8) is 0 Å². The summed E-state index contributed by atoms with van der Waals surface area (Å²) in [7, 11) is 0. The van der Waals surface area contributed by atoms with Gasteiger partial charge in [-0.05, 0) is 38.5 Å². The highest BCUT2D eigenvalue weighted by Crippen LogP contribution is 2.05. The second-order valence-corrected chi connectivity index (χ2v) is 9.79. The molecule has 0 spiro atoms. The Hall–Kier alpha value is -4.28. The van der Waals surface area contributed by atoms with Gasteiger partial charge < -0.3 is 49.5 Å². The van der Waals surface area contributed by atoms with E-state index in [0.29, 0.717) is 0 Å². The van der Waals surface area contributed by atoms with Crippen LogP contribution in [0.15, 0.2) is 0 Å². The first-order valence-corrected chi connectivity index (χ1v) is 13.1. The molecule has 231 valence electrons. The Morgan fingerprint density at radius 1 is 0.732 bits per heavy atom. The maximum absolute atomic E-state index is 12.9. The molecule has 0 fully saturated rings. The van der Waals surface area contributed by atoms with Gasteiger partial charge in [-0.25, -0.2) is 0 Å². The first-order chi connectivity index (χ1) is 19.1. The zero-order valence-corrected chi connectivity index (χ0v) is 23.6. The molecule has 6 amide bonds. The third kappa shape index (κ3) is 15.8. The molecule has 0 saturated heterocycles. The molecule has 17 nitrogen and oxygen atoms in total. The summed E-state index contributed by atoms with van der Waals surface area (Å²) in [5, 5.41) is 19.5. The highest BCUT2D eigenvalue weighted by atomic mass is 16.2. The molecule has 0 unspecified atom stereocenters. The highest BCUT2D eigenvalue weighted by Gasteiger charge is 2.30. The lowest BCUT2D eigenvalue weighted by Crippen LogP contribution is -2.58. The van der Waals surface area contributed by atoms with E-state index < -0.39 is 65.7 Å². The van der Waals surface area contributed by atoms with Gasteiger partial charge >= 0.3 is 0 Å². The van der Waals surface area contributed by atoms with Gasteiger partial charge in [0.25, 0.3) is 0 Å². The number of guanidine groups is 1. The van der Waals surface area contributed by atoms with E-state index in [-0.39, 0.29) is 56.9 Å². The van der Waals surface area contributed by atoms with Crippen molar-refractivity contribution < 1.29 is 33.6 Å². The third-order valence-corrected chi connectivity index (χ3v) is 5.84. The summed E-state index contributed by atoms with van der Waals surface area (Å²) >= 11 is 0. The molecule has 41 heavy (non-hydrogen) atoms. The standard InChI is InChI=1S/C24H43N10O7/c1-12(2)19(27)23(41)34-16(7-9-18(26)37)21(39)31-13(3)20(38)33-15(5-4-10-30-24(28)29)22(40)32-14(11-35)6-8-17(25)36/h12-16,19H,4-10,27H2,1-3H3,(H2,25,36)(H2,26,37)(H,31,39)(H,32,40)(H,33,38)(H,34,41)(H4,28,29,30)/t13-,14-,15-,16-,19-/m0/s1. The van der Waals surface area contributed by atoms with Gasteiger partial charge in [0.15, 0.2) is 5.96 Å². The number of carbonyl (C=O) groups is 6. The van der Waals surface area contributed by atoms with Crippen LogP contribution >= 0.6 is 0 Å². The quantitative estimate of drug-likeness (QED) is 0.0374. The van der Waals surface area contributed by atoms with Crippen molar-refractivity contribution in [2.45, 2.75) is 89.5 Å². The molecule has 0 saturated carbocycles. The highest BCUT2D eigenvalue weighted by molar-refractivity contribution is 5.95. The van der Waals surface area contributed by atoms with Gasteiger partial charge in [-0.1, -0.05) is 13.8 Å². The summed E-state index contributed by atoms with van der Waals surface area (Å²) < 4.78 is 0. The predicted octanol–water partition coefficient (Wildman–Crippen LogP) is -4.17. The molecule has 0 bridgehead atoms. The number of amides is 6. The Morgan fingerprint density at radius 2 is 1.24 bits per heavy atom. The number of nitrogens with one attached hydrogen (secondary N) is 6. The average Bonchev–Trinajstić information content (AvgIpc) is 2.88. The SMILES string of the molecule is CC(C)[C@H](N)C(=O)N[C@@H](CCC(N)=O)C(=O)N[C@@H](C)C(=O)N[C@@H](CCCNC(=N)N)C(=O)N[C@H]([C]=O)CCC(N)=O.